The Morgan fingerprint density at radius 3 is 2.11 bits per heavy atom. The van der Waals surface area contributed by atoms with Crippen molar-refractivity contribution in [3.63, 3.8) is 0 Å². The first-order chi connectivity index (χ1) is 18.5. The Hall–Kier alpha value is -4.91. The molecule has 0 amide bonds. The molecule has 7 heteroatoms. The van der Waals surface area contributed by atoms with Crippen LogP contribution >= 0.6 is 0 Å². The zero-order valence-corrected chi connectivity index (χ0v) is 20.5. The maximum atomic E-state index is 13.7. The molecular formula is C31H23NO6. The predicted octanol–water partition coefficient (Wildman–Crippen LogP) is 5.02. The molecule has 38 heavy (non-hydrogen) atoms. The van der Waals surface area contributed by atoms with Crippen LogP contribution in [0.25, 0.3) is 27.8 Å². The summed E-state index contributed by atoms with van der Waals surface area (Å²) in [5.41, 5.74) is 0.841. The van der Waals surface area contributed by atoms with Crippen LogP contribution in [0.5, 0.6) is 5.75 Å². The normalized spacial score (nSPS) is 13.7. The van der Waals surface area contributed by atoms with Crippen LogP contribution < -0.4 is 16.1 Å². The van der Waals surface area contributed by atoms with Crippen LogP contribution in [-0.4, -0.2) is 17.1 Å². The summed E-state index contributed by atoms with van der Waals surface area (Å²) in [7, 11) is 0. The lowest BCUT2D eigenvalue weighted by Gasteiger charge is -2.36. The second kappa shape index (κ2) is 9.19. The van der Waals surface area contributed by atoms with Gasteiger partial charge >= 0.3 is 11.7 Å². The minimum absolute atomic E-state index is 0.129. The van der Waals surface area contributed by atoms with Gasteiger partial charge in [0.05, 0.1) is 12.0 Å². The quantitative estimate of drug-likeness (QED) is 0.246. The summed E-state index contributed by atoms with van der Waals surface area (Å²) < 4.78 is 18.3. The zero-order valence-electron chi connectivity index (χ0n) is 20.5. The molecule has 1 aliphatic heterocycles. The first-order valence-electron chi connectivity index (χ1n) is 12.3. The minimum atomic E-state index is -0.967. The molecule has 188 valence electrons. The first kappa shape index (κ1) is 23.5. The largest absolute Gasteiger partial charge is 0.472 e. The number of aromatic nitrogens is 1. The maximum Gasteiger partial charge on any atom is 0.422 e. The van der Waals surface area contributed by atoms with E-state index >= 15 is 0 Å². The Bertz CT molecular complexity index is 1790. The van der Waals surface area contributed by atoms with E-state index in [1.807, 2.05) is 84.9 Å². The molecule has 1 aromatic heterocycles. The van der Waals surface area contributed by atoms with Crippen LogP contribution in [0.4, 0.5) is 0 Å². The molecule has 0 saturated heterocycles. The average Bonchev–Trinajstić information content (AvgIpc) is 2.96. The number of carbonyl (C=O) groups excluding carboxylic acids is 1. The number of hydrogen-bond donors (Lipinski definition) is 0. The topological polar surface area (TPSA) is 87.7 Å². The number of benzene rings is 4. The molecule has 6 rings (SSSR count). The molecular weight excluding hydrogens is 482 g/mol. The molecule has 0 saturated carbocycles. The average molecular weight is 506 g/mol. The first-order valence-corrected chi connectivity index (χ1v) is 12.3. The van der Waals surface area contributed by atoms with Gasteiger partial charge in [0.15, 0.2) is 11.2 Å². The van der Waals surface area contributed by atoms with E-state index in [-0.39, 0.29) is 17.6 Å². The van der Waals surface area contributed by atoms with E-state index in [0.717, 1.165) is 15.7 Å². The van der Waals surface area contributed by atoms with E-state index in [4.69, 9.17) is 13.9 Å². The third-order valence-electron chi connectivity index (χ3n) is 6.77. The number of nitrogens with zero attached hydrogens (tertiary/aromatic N) is 1. The van der Waals surface area contributed by atoms with Crippen molar-refractivity contribution in [1.82, 2.24) is 4.57 Å². The molecule has 5 aromatic rings. The summed E-state index contributed by atoms with van der Waals surface area (Å²) in [4.78, 5) is 38.7. The molecule has 2 heterocycles. The Morgan fingerprint density at radius 1 is 0.868 bits per heavy atom. The summed E-state index contributed by atoms with van der Waals surface area (Å²) in [6.45, 7) is 1.24. The number of fused-ring (bicyclic) bond motifs is 6. The number of rotatable bonds is 5. The van der Waals surface area contributed by atoms with Gasteiger partial charge in [-0.2, -0.15) is 0 Å². The lowest BCUT2D eigenvalue weighted by molar-refractivity contribution is -0.144. The molecule has 1 aliphatic rings. The Balaban J connectivity index is 1.67. The molecule has 0 bridgehead atoms. The summed E-state index contributed by atoms with van der Waals surface area (Å²) in [6, 6.07) is 27.0. The zero-order chi connectivity index (χ0) is 26.3. The standard InChI is InChI=1S/C31H23NO6/c1-2-36-25(33)19-32-29(34)26-24-17-18-31(20-11-5-3-6-12-20,21-13-7-4-8-14-21)38-27(24)22-15-9-10-16-23(22)28(26)37-30(32)35/h3-18H,2,19H2,1H3. The van der Waals surface area contributed by atoms with Crippen molar-refractivity contribution in [2.24, 2.45) is 0 Å². The molecule has 0 spiro atoms. The number of hydrogen-bond acceptors (Lipinski definition) is 6. The van der Waals surface area contributed by atoms with Crippen LogP contribution in [0.15, 0.2) is 105 Å². The second-order valence-electron chi connectivity index (χ2n) is 8.96. The molecule has 7 nitrogen and oxygen atoms in total. The molecule has 0 radical (unpaired) electrons. The van der Waals surface area contributed by atoms with E-state index in [2.05, 4.69) is 0 Å². The van der Waals surface area contributed by atoms with Crippen molar-refractivity contribution in [2.45, 2.75) is 19.1 Å². The number of carbonyl (C=O) groups is 1. The molecule has 4 aromatic carbocycles. The fourth-order valence-electron chi connectivity index (χ4n) is 5.06. The third-order valence-corrected chi connectivity index (χ3v) is 6.77. The molecule has 0 fully saturated rings. The summed E-state index contributed by atoms with van der Waals surface area (Å²) >= 11 is 0. The fraction of sp³-hybridized carbons (Fsp3) is 0.129. The van der Waals surface area contributed by atoms with Crippen molar-refractivity contribution in [3.8, 4) is 5.75 Å². The van der Waals surface area contributed by atoms with Gasteiger partial charge in [0.25, 0.3) is 5.56 Å². The van der Waals surface area contributed by atoms with Crippen LogP contribution in [-0.2, 0) is 21.7 Å². The number of ether oxygens (including phenoxy) is 2. The van der Waals surface area contributed by atoms with Gasteiger partial charge in [-0.1, -0.05) is 84.9 Å². The highest BCUT2D eigenvalue weighted by Crippen LogP contribution is 2.47. The van der Waals surface area contributed by atoms with Crippen molar-refractivity contribution < 1.29 is 18.7 Å². The Kier molecular flexibility index (Phi) is 5.68. The van der Waals surface area contributed by atoms with Crippen LogP contribution in [0, 0.1) is 0 Å². The minimum Gasteiger partial charge on any atom is -0.472 e. The maximum absolute atomic E-state index is 13.7. The van der Waals surface area contributed by atoms with Gasteiger partial charge in [0.2, 0.25) is 0 Å². The summed E-state index contributed by atoms with van der Waals surface area (Å²) in [6.07, 6.45) is 3.75. The molecule has 0 N–H and O–H groups in total. The SMILES string of the molecule is CCOC(=O)Cn1c(=O)oc2c(c3c(c4ccccc42)OC(c2ccccc2)(c2ccccc2)C=C3)c1=O. The second-order valence-corrected chi connectivity index (χ2v) is 8.96. The predicted molar refractivity (Wildman–Crippen MR) is 144 cm³/mol. The van der Waals surface area contributed by atoms with Crippen molar-refractivity contribution >= 4 is 33.8 Å². The Morgan fingerprint density at radius 2 is 1.47 bits per heavy atom. The van der Waals surface area contributed by atoms with Crippen LogP contribution in [0.1, 0.15) is 23.6 Å². The summed E-state index contributed by atoms with van der Waals surface area (Å²) in [5.74, 6) is -1.14. The van der Waals surface area contributed by atoms with Gasteiger partial charge in [-0.05, 0) is 19.1 Å². The van der Waals surface area contributed by atoms with Gasteiger partial charge < -0.3 is 13.9 Å². The highest BCUT2D eigenvalue weighted by molar-refractivity contribution is 6.11. The Labute approximate surface area is 217 Å². The highest BCUT2D eigenvalue weighted by Gasteiger charge is 2.38. The summed E-state index contributed by atoms with van der Waals surface area (Å²) in [5, 5.41) is 1.42. The van der Waals surface area contributed by atoms with E-state index in [0.29, 0.717) is 22.1 Å². The van der Waals surface area contributed by atoms with E-state index in [1.165, 1.54) is 0 Å². The van der Waals surface area contributed by atoms with Gasteiger partial charge in [-0.3, -0.25) is 9.59 Å². The lowest BCUT2D eigenvalue weighted by Crippen LogP contribution is -2.37. The van der Waals surface area contributed by atoms with E-state index in [1.54, 1.807) is 19.1 Å². The van der Waals surface area contributed by atoms with Gasteiger partial charge in [-0.15, -0.1) is 0 Å². The fourth-order valence-corrected chi connectivity index (χ4v) is 5.06. The van der Waals surface area contributed by atoms with Crippen molar-refractivity contribution in [2.75, 3.05) is 6.61 Å². The number of esters is 1. The monoisotopic (exact) mass is 505 g/mol. The van der Waals surface area contributed by atoms with E-state index in [9.17, 15) is 14.4 Å². The van der Waals surface area contributed by atoms with Gasteiger partial charge in [0, 0.05) is 27.5 Å². The van der Waals surface area contributed by atoms with Gasteiger partial charge in [0.1, 0.15) is 12.3 Å². The van der Waals surface area contributed by atoms with Crippen molar-refractivity contribution in [3.05, 3.63) is 129 Å². The van der Waals surface area contributed by atoms with E-state index < -0.39 is 29.4 Å². The van der Waals surface area contributed by atoms with Gasteiger partial charge in [-0.25, -0.2) is 9.36 Å². The van der Waals surface area contributed by atoms with Crippen LogP contribution in [0.3, 0.4) is 0 Å². The molecule has 0 unspecified atom stereocenters. The molecule has 0 aliphatic carbocycles. The highest BCUT2D eigenvalue weighted by atomic mass is 16.5. The lowest BCUT2D eigenvalue weighted by atomic mass is 9.83. The third kappa shape index (κ3) is 3.63. The molecule has 0 atom stereocenters. The van der Waals surface area contributed by atoms with Crippen molar-refractivity contribution in [1.29, 1.82) is 0 Å². The smallest absolute Gasteiger partial charge is 0.422 e. The van der Waals surface area contributed by atoms with Crippen LogP contribution in [0.2, 0.25) is 0 Å².